The molecule has 1 amide bonds. The van der Waals surface area contributed by atoms with Crippen LogP contribution >= 0.6 is 0 Å². The second kappa shape index (κ2) is 4.34. The molecule has 0 aromatic carbocycles. The van der Waals surface area contributed by atoms with Gasteiger partial charge in [-0.1, -0.05) is 19.9 Å². The molecule has 0 bridgehead atoms. The molecule has 0 aromatic heterocycles. The SMILES string of the molecule is C[C@]12CC[C@@H]3[C@@H](CCC4NC(=O)C=C[C@@]43C)[C@@H]1CC(O)C2. The highest BCUT2D eigenvalue weighted by molar-refractivity contribution is 5.89. The molecule has 2 N–H and O–H groups in total. The summed E-state index contributed by atoms with van der Waals surface area (Å²) in [6, 6.07) is 0.312. The molecule has 1 aliphatic heterocycles. The molecule has 3 aliphatic carbocycles. The number of aliphatic hydroxyl groups is 1. The van der Waals surface area contributed by atoms with E-state index in [-0.39, 0.29) is 17.4 Å². The quantitative estimate of drug-likeness (QED) is 0.720. The summed E-state index contributed by atoms with van der Waals surface area (Å²) in [6.45, 7) is 4.75. The van der Waals surface area contributed by atoms with Gasteiger partial charge in [0, 0.05) is 11.5 Å². The average Bonchev–Trinajstić information content (AvgIpc) is 2.74. The van der Waals surface area contributed by atoms with E-state index in [0.29, 0.717) is 23.3 Å². The van der Waals surface area contributed by atoms with Crippen molar-refractivity contribution in [1.29, 1.82) is 0 Å². The Kier molecular flexibility index (Phi) is 2.86. The van der Waals surface area contributed by atoms with Crippen molar-refractivity contribution in [1.82, 2.24) is 5.32 Å². The lowest BCUT2D eigenvalue weighted by Gasteiger charge is -2.58. The fraction of sp³-hybridized carbons (Fsp3) is 0.833. The normalized spacial score (nSPS) is 55.4. The molecule has 3 heteroatoms. The Morgan fingerprint density at radius 3 is 2.86 bits per heavy atom. The van der Waals surface area contributed by atoms with E-state index < -0.39 is 0 Å². The minimum Gasteiger partial charge on any atom is -0.393 e. The van der Waals surface area contributed by atoms with Crippen LogP contribution in [0, 0.1) is 28.6 Å². The largest absolute Gasteiger partial charge is 0.393 e. The van der Waals surface area contributed by atoms with Crippen molar-refractivity contribution >= 4 is 5.91 Å². The number of rotatable bonds is 0. The maximum absolute atomic E-state index is 11.7. The van der Waals surface area contributed by atoms with Gasteiger partial charge in [-0.25, -0.2) is 0 Å². The van der Waals surface area contributed by atoms with Crippen molar-refractivity contribution < 1.29 is 9.90 Å². The first-order valence-corrected chi connectivity index (χ1v) is 8.60. The van der Waals surface area contributed by atoms with Crippen molar-refractivity contribution in [2.24, 2.45) is 28.6 Å². The topological polar surface area (TPSA) is 49.3 Å². The molecule has 3 nitrogen and oxygen atoms in total. The fourth-order valence-corrected chi connectivity index (χ4v) is 6.36. The molecule has 2 unspecified atom stereocenters. The third kappa shape index (κ3) is 1.86. The van der Waals surface area contributed by atoms with E-state index in [9.17, 15) is 9.90 Å². The van der Waals surface area contributed by atoms with E-state index in [1.54, 1.807) is 6.08 Å². The van der Waals surface area contributed by atoms with E-state index in [1.165, 1.54) is 19.3 Å². The van der Waals surface area contributed by atoms with Crippen molar-refractivity contribution in [2.75, 3.05) is 0 Å². The van der Waals surface area contributed by atoms with Crippen molar-refractivity contribution in [3.05, 3.63) is 12.2 Å². The van der Waals surface area contributed by atoms with Crippen LogP contribution in [-0.4, -0.2) is 23.2 Å². The van der Waals surface area contributed by atoms with E-state index in [2.05, 4.69) is 25.2 Å². The standard InChI is InChI=1S/C18H27NO2/c1-17-7-5-13-12(14(17)9-11(20)10-17)3-4-15-18(13,2)8-6-16(21)19-15/h6,8,11-15,20H,3-5,7,9-10H2,1-2H3,(H,19,21)/t11?,12-,13-,14+,15?,17-,18-/m1/s1. The van der Waals surface area contributed by atoms with Crippen LogP contribution in [0.15, 0.2) is 12.2 Å². The van der Waals surface area contributed by atoms with E-state index in [4.69, 9.17) is 0 Å². The summed E-state index contributed by atoms with van der Waals surface area (Å²) in [5.74, 6) is 2.14. The number of hydrogen-bond acceptors (Lipinski definition) is 2. The highest BCUT2D eigenvalue weighted by Gasteiger charge is 2.58. The van der Waals surface area contributed by atoms with Crippen LogP contribution in [0.25, 0.3) is 0 Å². The Morgan fingerprint density at radius 1 is 1.24 bits per heavy atom. The molecule has 0 radical (unpaired) electrons. The fourth-order valence-electron chi connectivity index (χ4n) is 6.36. The van der Waals surface area contributed by atoms with Crippen LogP contribution in [0.1, 0.15) is 52.4 Å². The molecular formula is C18H27NO2. The minimum absolute atomic E-state index is 0.0767. The molecule has 116 valence electrons. The second-order valence-corrected chi connectivity index (χ2v) is 8.50. The number of carbonyl (C=O) groups excluding carboxylic acids is 1. The molecule has 21 heavy (non-hydrogen) atoms. The third-order valence-corrected chi connectivity index (χ3v) is 7.43. The number of fused-ring (bicyclic) bond motifs is 5. The van der Waals surface area contributed by atoms with Crippen LogP contribution < -0.4 is 5.32 Å². The maximum atomic E-state index is 11.7. The van der Waals surface area contributed by atoms with Crippen LogP contribution in [0.4, 0.5) is 0 Å². The lowest BCUT2D eigenvalue weighted by molar-refractivity contribution is -0.122. The minimum atomic E-state index is -0.0918. The lowest BCUT2D eigenvalue weighted by atomic mass is 9.49. The number of amides is 1. The predicted octanol–water partition coefficient (Wildman–Crippen LogP) is 2.64. The monoisotopic (exact) mass is 289 g/mol. The molecular weight excluding hydrogens is 262 g/mol. The molecule has 4 rings (SSSR count). The highest BCUT2D eigenvalue weighted by Crippen LogP contribution is 2.63. The summed E-state index contributed by atoms with van der Waals surface area (Å²) in [7, 11) is 0. The summed E-state index contributed by atoms with van der Waals surface area (Å²) in [6.07, 6.45) is 10.6. The number of hydrogen-bond donors (Lipinski definition) is 2. The van der Waals surface area contributed by atoms with Gasteiger partial charge in [0.1, 0.15) is 0 Å². The second-order valence-electron chi connectivity index (χ2n) is 8.50. The van der Waals surface area contributed by atoms with Gasteiger partial charge in [-0.05, 0) is 67.8 Å². The molecule has 7 atom stereocenters. The molecule has 0 aromatic rings. The van der Waals surface area contributed by atoms with Crippen LogP contribution in [-0.2, 0) is 4.79 Å². The number of carbonyl (C=O) groups is 1. The summed E-state index contributed by atoms with van der Waals surface area (Å²) in [5, 5.41) is 13.4. The zero-order chi connectivity index (χ0) is 14.8. The Bertz CT molecular complexity index is 501. The summed E-state index contributed by atoms with van der Waals surface area (Å²) in [5.41, 5.74) is 0.469. The van der Waals surface area contributed by atoms with Gasteiger partial charge in [0.15, 0.2) is 0 Å². The average molecular weight is 289 g/mol. The van der Waals surface area contributed by atoms with Gasteiger partial charge < -0.3 is 10.4 Å². The van der Waals surface area contributed by atoms with Gasteiger partial charge in [-0.15, -0.1) is 0 Å². The molecule has 3 fully saturated rings. The first-order chi connectivity index (χ1) is 9.92. The molecule has 0 saturated heterocycles. The summed E-state index contributed by atoms with van der Waals surface area (Å²) < 4.78 is 0. The van der Waals surface area contributed by atoms with Gasteiger partial charge in [0.05, 0.1) is 6.10 Å². The summed E-state index contributed by atoms with van der Waals surface area (Å²) >= 11 is 0. The van der Waals surface area contributed by atoms with Crippen LogP contribution in [0.5, 0.6) is 0 Å². The first kappa shape index (κ1) is 13.8. The lowest BCUT2D eigenvalue weighted by Crippen LogP contribution is -2.58. The predicted molar refractivity (Wildman–Crippen MR) is 81.5 cm³/mol. The Morgan fingerprint density at radius 2 is 2.05 bits per heavy atom. The number of aliphatic hydroxyl groups excluding tert-OH is 1. The summed E-state index contributed by atoms with van der Waals surface area (Å²) in [4.78, 5) is 11.7. The van der Waals surface area contributed by atoms with E-state index in [1.807, 2.05) is 0 Å². The van der Waals surface area contributed by atoms with Crippen LogP contribution in [0.3, 0.4) is 0 Å². The zero-order valence-corrected chi connectivity index (χ0v) is 13.1. The van der Waals surface area contributed by atoms with E-state index >= 15 is 0 Å². The molecule has 1 heterocycles. The maximum Gasteiger partial charge on any atom is 0.243 e. The zero-order valence-electron chi connectivity index (χ0n) is 13.1. The number of nitrogens with one attached hydrogen (secondary N) is 1. The van der Waals surface area contributed by atoms with Crippen molar-refractivity contribution in [3.8, 4) is 0 Å². The van der Waals surface area contributed by atoms with Gasteiger partial charge in [0.2, 0.25) is 5.91 Å². The first-order valence-electron chi connectivity index (χ1n) is 8.60. The highest BCUT2D eigenvalue weighted by atomic mass is 16.3. The Balaban J connectivity index is 1.68. The molecule has 0 spiro atoms. The third-order valence-electron chi connectivity index (χ3n) is 7.43. The Hall–Kier alpha value is -0.830. The van der Waals surface area contributed by atoms with Gasteiger partial charge in [-0.2, -0.15) is 0 Å². The molecule has 4 aliphatic rings. The molecule has 3 saturated carbocycles. The van der Waals surface area contributed by atoms with Gasteiger partial charge >= 0.3 is 0 Å². The Labute approximate surface area is 127 Å². The van der Waals surface area contributed by atoms with Gasteiger partial charge in [-0.3, -0.25) is 4.79 Å². The van der Waals surface area contributed by atoms with E-state index in [0.717, 1.165) is 25.2 Å². The smallest absolute Gasteiger partial charge is 0.243 e. The van der Waals surface area contributed by atoms with Crippen molar-refractivity contribution in [3.63, 3.8) is 0 Å². The van der Waals surface area contributed by atoms with Crippen LogP contribution in [0.2, 0.25) is 0 Å². The van der Waals surface area contributed by atoms with Crippen molar-refractivity contribution in [2.45, 2.75) is 64.5 Å². The van der Waals surface area contributed by atoms with Gasteiger partial charge in [0.25, 0.3) is 0 Å².